The Morgan fingerprint density at radius 3 is 2.96 bits per heavy atom. The summed E-state index contributed by atoms with van der Waals surface area (Å²) in [6, 6.07) is 8.49. The summed E-state index contributed by atoms with van der Waals surface area (Å²) in [5.74, 6) is -0.150. The second-order valence-corrected chi connectivity index (χ2v) is 5.67. The number of nitrogen functional groups attached to an aromatic ring is 1. The normalized spacial score (nSPS) is 10.6. The lowest BCUT2D eigenvalue weighted by atomic mass is 10.2. The van der Waals surface area contributed by atoms with Gasteiger partial charge in [-0.1, -0.05) is 0 Å². The molecule has 3 aromatic rings. The largest absolute Gasteiger partial charge is 0.478 e. The summed E-state index contributed by atoms with van der Waals surface area (Å²) >= 11 is 1.25. The van der Waals surface area contributed by atoms with Crippen molar-refractivity contribution >= 4 is 34.5 Å². The van der Waals surface area contributed by atoms with Crippen molar-refractivity contribution in [2.45, 2.75) is 4.90 Å². The molecule has 3 N–H and O–H groups in total. The Morgan fingerprint density at radius 2 is 2.22 bits per heavy atom. The van der Waals surface area contributed by atoms with Gasteiger partial charge >= 0.3 is 5.97 Å². The van der Waals surface area contributed by atoms with Gasteiger partial charge in [0.15, 0.2) is 5.09 Å². The Morgan fingerprint density at radius 1 is 1.39 bits per heavy atom. The highest BCUT2D eigenvalue weighted by molar-refractivity contribution is 8.03. The highest BCUT2D eigenvalue weighted by Crippen LogP contribution is 2.32. The number of aromatic carboxylic acids is 1. The number of thioether (sulfide) groups is 1. The van der Waals surface area contributed by atoms with E-state index in [0.717, 1.165) is 4.90 Å². The van der Waals surface area contributed by atoms with Crippen LogP contribution in [-0.4, -0.2) is 16.1 Å². The number of carboxylic acid groups (broad SMARTS) is 1. The average molecular weight is 328 g/mol. The van der Waals surface area contributed by atoms with Crippen molar-refractivity contribution in [3.8, 4) is 5.75 Å². The predicted octanol–water partition coefficient (Wildman–Crippen LogP) is 3.75. The molecule has 0 radical (unpaired) electrons. The number of hydrogen-bond acceptors (Lipinski definition) is 6. The Bertz CT molecular complexity index is 904. The smallest absolute Gasteiger partial charge is 0.339 e. The minimum atomic E-state index is -1.04. The molecule has 0 spiro atoms. The van der Waals surface area contributed by atoms with Crippen molar-refractivity contribution in [2.24, 2.45) is 0 Å². The van der Waals surface area contributed by atoms with Gasteiger partial charge in [0.2, 0.25) is 0 Å². The van der Waals surface area contributed by atoms with Crippen LogP contribution in [0.2, 0.25) is 0 Å². The summed E-state index contributed by atoms with van der Waals surface area (Å²) in [6.45, 7) is 3.83. The molecule has 0 bridgehead atoms. The van der Waals surface area contributed by atoms with Gasteiger partial charge in [0.05, 0.1) is 4.90 Å². The third-order valence-corrected chi connectivity index (χ3v) is 3.91. The van der Waals surface area contributed by atoms with Crippen LogP contribution in [0.5, 0.6) is 5.75 Å². The van der Waals surface area contributed by atoms with Gasteiger partial charge < -0.3 is 20.0 Å². The second-order valence-electron chi connectivity index (χ2n) is 4.58. The Kier molecular flexibility index (Phi) is 3.94. The molecule has 0 saturated heterocycles. The van der Waals surface area contributed by atoms with E-state index >= 15 is 0 Å². The highest BCUT2D eigenvalue weighted by atomic mass is 32.2. The van der Waals surface area contributed by atoms with Crippen LogP contribution < -0.4 is 10.5 Å². The standard InChI is InChI=1S/C16H12N2O4S/c1-9(23-14-3-2-6-18-15(14)17)22-10-4-5-11-12(16(19)20)8-21-13(11)7-10/h2-8H,1H2,(H2,17,18)(H,19,20). The topological polar surface area (TPSA) is 98.6 Å². The van der Waals surface area contributed by atoms with Crippen molar-refractivity contribution in [1.82, 2.24) is 4.98 Å². The van der Waals surface area contributed by atoms with Crippen LogP contribution in [-0.2, 0) is 0 Å². The Hall–Kier alpha value is -2.93. The summed E-state index contributed by atoms with van der Waals surface area (Å²) in [4.78, 5) is 15.8. The molecular weight excluding hydrogens is 316 g/mol. The average Bonchev–Trinajstić information content (AvgIpc) is 2.93. The highest BCUT2D eigenvalue weighted by Gasteiger charge is 2.13. The van der Waals surface area contributed by atoms with Gasteiger partial charge in [-0.15, -0.1) is 0 Å². The minimum absolute atomic E-state index is 0.114. The van der Waals surface area contributed by atoms with Gasteiger partial charge in [0.1, 0.15) is 29.0 Å². The van der Waals surface area contributed by atoms with Crippen LogP contribution in [0.1, 0.15) is 10.4 Å². The molecule has 0 fully saturated rings. The Labute approximate surface area is 135 Å². The molecular formula is C16H12N2O4S. The molecule has 116 valence electrons. The molecule has 0 aliphatic rings. The number of carbonyl (C=O) groups is 1. The number of rotatable bonds is 5. The predicted molar refractivity (Wildman–Crippen MR) is 87.4 cm³/mol. The van der Waals surface area contributed by atoms with Crippen LogP contribution in [0.15, 0.2) is 63.8 Å². The first-order chi connectivity index (χ1) is 11.0. The SMILES string of the molecule is C=C(Oc1ccc2c(C(=O)O)coc2c1)Sc1cccnc1N. The number of fused-ring (bicyclic) bond motifs is 1. The molecule has 23 heavy (non-hydrogen) atoms. The number of anilines is 1. The number of carboxylic acids is 1. The zero-order valence-electron chi connectivity index (χ0n) is 11.9. The molecule has 3 rings (SSSR count). The maximum atomic E-state index is 11.0. The molecule has 0 unspecified atom stereocenters. The van der Waals surface area contributed by atoms with Crippen molar-refractivity contribution < 1.29 is 19.1 Å². The summed E-state index contributed by atoms with van der Waals surface area (Å²) < 4.78 is 10.9. The Balaban J connectivity index is 1.77. The summed E-state index contributed by atoms with van der Waals surface area (Å²) in [5, 5.41) is 9.97. The van der Waals surface area contributed by atoms with Gasteiger partial charge in [-0.05, 0) is 42.6 Å². The summed E-state index contributed by atoms with van der Waals surface area (Å²) in [7, 11) is 0. The van der Waals surface area contributed by atoms with Gasteiger partial charge in [-0.2, -0.15) is 0 Å². The second kappa shape index (κ2) is 6.05. The van der Waals surface area contributed by atoms with Crippen LogP contribution in [0.4, 0.5) is 5.82 Å². The van der Waals surface area contributed by atoms with E-state index in [1.165, 1.54) is 18.0 Å². The number of furan rings is 1. The molecule has 0 aliphatic carbocycles. The number of pyridine rings is 1. The lowest BCUT2D eigenvalue weighted by molar-refractivity contribution is 0.0698. The van der Waals surface area contributed by atoms with E-state index in [9.17, 15) is 4.79 Å². The zero-order chi connectivity index (χ0) is 16.4. The fourth-order valence-electron chi connectivity index (χ4n) is 2.00. The molecule has 0 saturated carbocycles. The first-order valence-corrected chi connectivity index (χ1v) is 7.36. The fourth-order valence-corrected chi connectivity index (χ4v) is 2.69. The first-order valence-electron chi connectivity index (χ1n) is 6.54. The molecule has 0 aliphatic heterocycles. The lowest BCUT2D eigenvalue weighted by Gasteiger charge is -2.09. The van der Waals surface area contributed by atoms with Crippen molar-refractivity contribution in [1.29, 1.82) is 0 Å². The maximum Gasteiger partial charge on any atom is 0.339 e. The van der Waals surface area contributed by atoms with E-state index in [1.54, 1.807) is 30.5 Å². The van der Waals surface area contributed by atoms with Crippen molar-refractivity contribution in [3.63, 3.8) is 0 Å². The molecule has 1 aromatic carbocycles. The maximum absolute atomic E-state index is 11.0. The number of nitrogens with two attached hydrogens (primary N) is 1. The van der Waals surface area contributed by atoms with Crippen LogP contribution in [0.3, 0.4) is 0 Å². The van der Waals surface area contributed by atoms with Gasteiger partial charge in [-0.25, -0.2) is 9.78 Å². The summed E-state index contributed by atoms with van der Waals surface area (Å²) in [6.07, 6.45) is 2.81. The third kappa shape index (κ3) is 3.14. The minimum Gasteiger partial charge on any atom is -0.478 e. The van der Waals surface area contributed by atoms with E-state index in [4.69, 9.17) is 20.0 Å². The number of aromatic nitrogens is 1. The summed E-state index contributed by atoms with van der Waals surface area (Å²) in [5.41, 5.74) is 6.31. The zero-order valence-corrected chi connectivity index (χ0v) is 12.7. The van der Waals surface area contributed by atoms with Crippen LogP contribution in [0, 0.1) is 0 Å². The quantitative estimate of drug-likeness (QED) is 0.543. The number of nitrogens with zero attached hydrogens (tertiary/aromatic N) is 1. The van der Waals surface area contributed by atoms with Crippen molar-refractivity contribution in [2.75, 3.05) is 5.73 Å². The molecule has 6 nitrogen and oxygen atoms in total. The molecule has 2 heterocycles. The van der Waals surface area contributed by atoms with E-state index in [0.29, 0.717) is 27.6 Å². The molecule has 0 atom stereocenters. The van der Waals surface area contributed by atoms with Gasteiger partial charge in [0.25, 0.3) is 0 Å². The molecule has 2 aromatic heterocycles. The van der Waals surface area contributed by atoms with Crippen molar-refractivity contribution in [3.05, 3.63) is 60.0 Å². The van der Waals surface area contributed by atoms with E-state index in [1.807, 2.05) is 6.07 Å². The van der Waals surface area contributed by atoms with E-state index in [2.05, 4.69) is 11.6 Å². The third-order valence-electron chi connectivity index (χ3n) is 3.03. The number of hydrogen-bond donors (Lipinski definition) is 2. The van der Waals surface area contributed by atoms with E-state index in [-0.39, 0.29) is 5.56 Å². The van der Waals surface area contributed by atoms with Gasteiger partial charge in [0, 0.05) is 17.6 Å². The fraction of sp³-hybridized carbons (Fsp3) is 0. The monoisotopic (exact) mass is 328 g/mol. The van der Waals surface area contributed by atoms with Crippen LogP contribution >= 0.6 is 11.8 Å². The van der Waals surface area contributed by atoms with Crippen LogP contribution in [0.25, 0.3) is 11.0 Å². The molecule has 0 amide bonds. The van der Waals surface area contributed by atoms with Gasteiger partial charge in [-0.3, -0.25) is 0 Å². The lowest BCUT2D eigenvalue weighted by Crippen LogP contribution is -1.95. The first kappa shape index (κ1) is 15.0. The number of ether oxygens (including phenoxy) is 1. The van der Waals surface area contributed by atoms with E-state index < -0.39 is 5.97 Å². The number of benzene rings is 1. The molecule has 7 heteroatoms.